The number of nitrogens with zero attached hydrogens (tertiary/aromatic N) is 3. The fraction of sp³-hybridized carbons (Fsp3) is 0.588. The van der Waals surface area contributed by atoms with Crippen molar-refractivity contribution in [2.75, 3.05) is 32.7 Å². The molecule has 22 heavy (non-hydrogen) atoms. The average Bonchev–Trinajstić information content (AvgIpc) is 2.55. The number of rotatable bonds is 3. The first-order valence-corrected chi connectivity index (χ1v) is 8.17. The maximum Gasteiger partial charge on any atom is 0.191 e. The van der Waals surface area contributed by atoms with E-state index >= 15 is 0 Å². The third kappa shape index (κ3) is 4.59. The van der Waals surface area contributed by atoms with E-state index in [1.807, 2.05) is 0 Å². The Labute approximate surface area is 150 Å². The van der Waals surface area contributed by atoms with Gasteiger partial charge in [0.1, 0.15) is 0 Å². The molecule has 0 saturated carbocycles. The number of nitrogens with two attached hydrogens (primary N) is 1. The van der Waals surface area contributed by atoms with E-state index in [0.717, 1.165) is 51.6 Å². The Kier molecular flexibility index (Phi) is 6.95. The number of aliphatic imine (C=N–C) groups is 1. The molecule has 2 aliphatic rings. The zero-order chi connectivity index (χ0) is 14.5. The Morgan fingerprint density at radius 3 is 2.55 bits per heavy atom. The van der Waals surface area contributed by atoms with Crippen LogP contribution in [-0.2, 0) is 13.0 Å². The minimum atomic E-state index is 0. The quantitative estimate of drug-likeness (QED) is 0.470. The van der Waals surface area contributed by atoms with Crippen LogP contribution in [0, 0.1) is 0 Å². The van der Waals surface area contributed by atoms with E-state index < -0.39 is 0 Å². The Hall–Kier alpha value is -0.820. The summed E-state index contributed by atoms with van der Waals surface area (Å²) in [7, 11) is 0. The molecule has 0 atom stereocenters. The molecule has 0 unspecified atom stereocenters. The van der Waals surface area contributed by atoms with Crippen LogP contribution >= 0.6 is 24.0 Å². The van der Waals surface area contributed by atoms with Gasteiger partial charge in [-0.3, -0.25) is 9.89 Å². The minimum absolute atomic E-state index is 0. The highest BCUT2D eigenvalue weighted by molar-refractivity contribution is 14.0. The molecule has 0 aliphatic carbocycles. The summed E-state index contributed by atoms with van der Waals surface area (Å²) in [6, 6.07) is 8.76. The summed E-state index contributed by atoms with van der Waals surface area (Å²) in [5.74, 6) is 0.743. The summed E-state index contributed by atoms with van der Waals surface area (Å²) < 4.78 is 0. The van der Waals surface area contributed by atoms with E-state index in [0.29, 0.717) is 0 Å². The van der Waals surface area contributed by atoms with Gasteiger partial charge in [0.25, 0.3) is 0 Å². The molecule has 2 aliphatic heterocycles. The smallest absolute Gasteiger partial charge is 0.191 e. The summed E-state index contributed by atoms with van der Waals surface area (Å²) >= 11 is 0. The van der Waals surface area contributed by atoms with Crippen molar-refractivity contribution in [3.05, 3.63) is 35.4 Å². The second-order valence-corrected chi connectivity index (χ2v) is 6.08. The van der Waals surface area contributed by atoms with Crippen molar-refractivity contribution >= 4 is 29.9 Å². The van der Waals surface area contributed by atoms with Crippen molar-refractivity contribution in [2.45, 2.75) is 32.2 Å². The van der Waals surface area contributed by atoms with Gasteiger partial charge in [-0.1, -0.05) is 24.3 Å². The van der Waals surface area contributed by atoms with Crippen LogP contribution in [0.2, 0.25) is 0 Å². The Balaban J connectivity index is 0.00000176. The number of likely N-dealkylation sites (tertiary alicyclic amines) is 1. The SMILES string of the molecule is I.NC(=NCCN1CCc2ccccc2C1)N1CCCCC1. The molecule has 122 valence electrons. The number of benzene rings is 1. The first kappa shape index (κ1) is 17.5. The Morgan fingerprint density at radius 1 is 1.05 bits per heavy atom. The minimum Gasteiger partial charge on any atom is -0.370 e. The second-order valence-electron chi connectivity index (χ2n) is 6.08. The van der Waals surface area contributed by atoms with Gasteiger partial charge >= 0.3 is 0 Å². The van der Waals surface area contributed by atoms with Crippen LogP contribution in [0.1, 0.15) is 30.4 Å². The van der Waals surface area contributed by atoms with E-state index in [1.54, 1.807) is 0 Å². The molecule has 0 spiro atoms. The van der Waals surface area contributed by atoms with Gasteiger partial charge in [0.2, 0.25) is 0 Å². The Bertz CT molecular complexity index is 497. The lowest BCUT2D eigenvalue weighted by Crippen LogP contribution is -2.41. The highest BCUT2D eigenvalue weighted by atomic mass is 127. The lowest BCUT2D eigenvalue weighted by atomic mass is 10.00. The lowest BCUT2D eigenvalue weighted by Gasteiger charge is -2.29. The first-order chi connectivity index (χ1) is 10.3. The van der Waals surface area contributed by atoms with Gasteiger partial charge in [0.05, 0.1) is 6.54 Å². The molecule has 4 nitrogen and oxygen atoms in total. The number of piperidine rings is 1. The number of hydrogen-bond acceptors (Lipinski definition) is 2. The van der Waals surface area contributed by atoms with Crippen molar-refractivity contribution < 1.29 is 0 Å². The highest BCUT2D eigenvalue weighted by Crippen LogP contribution is 2.17. The zero-order valence-electron chi connectivity index (χ0n) is 13.2. The molecule has 1 saturated heterocycles. The molecule has 1 aromatic carbocycles. The fourth-order valence-electron chi connectivity index (χ4n) is 3.27. The number of halogens is 1. The van der Waals surface area contributed by atoms with Gasteiger partial charge in [-0.15, -0.1) is 24.0 Å². The first-order valence-electron chi connectivity index (χ1n) is 8.17. The number of hydrogen-bond donors (Lipinski definition) is 1. The van der Waals surface area contributed by atoms with Crippen molar-refractivity contribution in [1.29, 1.82) is 0 Å². The monoisotopic (exact) mass is 414 g/mol. The maximum atomic E-state index is 6.10. The predicted octanol–water partition coefficient (Wildman–Crippen LogP) is 2.46. The maximum absolute atomic E-state index is 6.10. The predicted molar refractivity (Wildman–Crippen MR) is 103 cm³/mol. The van der Waals surface area contributed by atoms with Gasteiger partial charge < -0.3 is 10.6 Å². The molecule has 0 aromatic heterocycles. The van der Waals surface area contributed by atoms with Gasteiger partial charge in [0.15, 0.2) is 5.96 Å². The standard InChI is InChI=1S/C17H26N4.HI/c18-17(21-10-4-1-5-11-21)19-9-13-20-12-8-15-6-2-3-7-16(15)14-20;/h2-3,6-7H,1,4-5,8-14H2,(H2,18,19);1H. The second kappa shape index (κ2) is 8.72. The summed E-state index contributed by atoms with van der Waals surface area (Å²) in [6.07, 6.45) is 4.98. The average molecular weight is 414 g/mol. The van der Waals surface area contributed by atoms with Crippen LogP contribution in [0.3, 0.4) is 0 Å². The molecular weight excluding hydrogens is 387 g/mol. The normalized spacial score (nSPS) is 19.5. The van der Waals surface area contributed by atoms with E-state index in [2.05, 4.69) is 39.1 Å². The largest absolute Gasteiger partial charge is 0.370 e. The molecule has 2 heterocycles. The molecule has 3 rings (SSSR count). The lowest BCUT2D eigenvalue weighted by molar-refractivity contribution is 0.261. The third-order valence-corrected chi connectivity index (χ3v) is 4.58. The number of fused-ring (bicyclic) bond motifs is 1. The van der Waals surface area contributed by atoms with Crippen LogP contribution in [0.4, 0.5) is 0 Å². The summed E-state index contributed by atoms with van der Waals surface area (Å²) in [5.41, 5.74) is 9.07. The van der Waals surface area contributed by atoms with Gasteiger partial charge in [-0.25, -0.2) is 0 Å². The van der Waals surface area contributed by atoms with E-state index in [-0.39, 0.29) is 24.0 Å². The zero-order valence-corrected chi connectivity index (χ0v) is 15.5. The summed E-state index contributed by atoms with van der Waals surface area (Å²) in [4.78, 5) is 9.29. The topological polar surface area (TPSA) is 44.9 Å². The molecule has 1 aromatic rings. The van der Waals surface area contributed by atoms with Crippen molar-refractivity contribution in [2.24, 2.45) is 10.7 Å². The highest BCUT2D eigenvalue weighted by Gasteiger charge is 2.15. The van der Waals surface area contributed by atoms with Crippen molar-refractivity contribution in [3.63, 3.8) is 0 Å². The van der Waals surface area contributed by atoms with Crippen LogP contribution in [0.25, 0.3) is 0 Å². The van der Waals surface area contributed by atoms with E-state index in [9.17, 15) is 0 Å². The van der Waals surface area contributed by atoms with Crippen molar-refractivity contribution in [3.8, 4) is 0 Å². The summed E-state index contributed by atoms with van der Waals surface area (Å²) in [6.45, 7) is 6.15. The molecule has 0 bridgehead atoms. The van der Waals surface area contributed by atoms with Crippen LogP contribution in [0.5, 0.6) is 0 Å². The van der Waals surface area contributed by atoms with Gasteiger partial charge in [-0.05, 0) is 36.8 Å². The summed E-state index contributed by atoms with van der Waals surface area (Å²) in [5, 5.41) is 0. The van der Waals surface area contributed by atoms with Crippen molar-refractivity contribution in [1.82, 2.24) is 9.80 Å². The van der Waals surface area contributed by atoms with E-state index in [1.165, 1.54) is 30.4 Å². The molecule has 0 amide bonds. The van der Waals surface area contributed by atoms with Gasteiger partial charge in [-0.2, -0.15) is 0 Å². The molecular formula is C17H27IN4. The van der Waals surface area contributed by atoms with Crippen LogP contribution in [0.15, 0.2) is 29.3 Å². The molecule has 5 heteroatoms. The Morgan fingerprint density at radius 2 is 1.77 bits per heavy atom. The number of guanidine groups is 1. The molecule has 1 fully saturated rings. The van der Waals surface area contributed by atoms with E-state index in [4.69, 9.17) is 5.73 Å². The third-order valence-electron chi connectivity index (χ3n) is 4.58. The van der Waals surface area contributed by atoms with Crippen LogP contribution in [-0.4, -0.2) is 48.5 Å². The van der Waals surface area contributed by atoms with Crippen LogP contribution < -0.4 is 5.73 Å². The molecule has 0 radical (unpaired) electrons. The molecule has 2 N–H and O–H groups in total. The fourth-order valence-corrected chi connectivity index (χ4v) is 3.27. The van der Waals surface area contributed by atoms with Gasteiger partial charge in [0, 0.05) is 32.7 Å².